The first-order valence-electron chi connectivity index (χ1n) is 7.21. The van der Waals surface area contributed by atoms with Gasteiger partial charge >= 0.3 is 0 Å². The molecule has 3 rings (SSSR count). The van der Waals surface area contributed by atoms with Crippen LogP contribution < -0.4 is 10.6 Å². The number of hydrogen-bond acceptors (Lipinski definition) is 4. The van der Waals surface area contributed by atoms with Crippen molar-refractivity contribution in [2.75, 3.05) is 24.5 Å². The lowest BCUT2D eigenvalue weighted by molar-refractivity contribution is 0.411. The highest BCUT2D eigenvalue weighted by atomic mass is 15.4. The van der Waals surface area contributed by atoms with E-state index in [-0.39, 0.29) is 0 Å². The average molecular weight is 271 g/mol. The standard InChI is InChI=1S/C15H21N5/c1-11-4-2-3-5-13(11)14-17-15(19-18-14)20-8-6-12(10-16)7-9-20/h2-5,12H,6-10,16H2,1H3,(H,17,18,19). The molecule has 2 heterocycles. The molecule has 0 bridgehead atoms. The Morgan fingerprint density at radius 3 is 2.75 bits per heavy atom. The Hall–Kier alpha value is -1.88. The predicted molar refractivity (Wildman–Crippen MR) is 80.5 cm³/mol. The minimum atomic E-state index is 0.654. The topological polar surface area (TPSA) is 70.8 Å². The van der Waals surface area contributed by atoms with Gasteiger partial charge in [-0.05, 0) is 37.8 Å². The Balaban J connectivity index is 1.76. The van der Waals surface area contributed by atoms with E-state index >= 15 is 0 Å². The number of hydrogen-bond donors (Lipinski definition) is 2. The zero-order valence-corrected chi connectivity index (χ0v) is 11.8. The summed E-state index contributed by atoms with van der Waals surface area (Å²) in [5.41, 5.74) is 8.05. The fourth-order valence-electron chi connectivity index (χ4n) is 2.72. The van der Waals surface area contributed by atoms with Gasteiger partial charge in [-0.3, -0.25) is 5.10 Å². The molecule has 0 unspecified atom stereocenters. The number of nitrogens with one attached hydrogen (secondary N) is 1. The number of piperidine rings is 1. The molecule has 3 N–H and O–H groups in total. The lowest BCUT2D eigenvalue weighted by Gasteiger charge is -2.30. The second kappa shape index (κ2) is 5.63. The second-order valence-electron chi connectivity index (χ2n) is 5.47. The van der Waals surface area contributed by atoms with Gasteiger partial charge in [-0.1, -0.05) is 24.3 Å². The molecule has 20 heavy (non-hydrogen) atoms. The molecule has 0 saturated carbocycles. The lowest BCUT2D eigenvalue weighted by atomic mass is 9.97. The van der Waals surface area contributed by atoms with Gasteiger partial charge in [0, 0.05) is 18.7 Å². The summed E-state index contributed by atoms with van der Waals surface area (Å²) in [7, 11) is 0. The van der Waals surface area contributed by atoms with E-state index in [1.807, 2.05) is 12.1 Å². The monoisotopic (exact) mass is 271 g/mol. The van der Waals surface area contributed by atoms with Crippen molar-refractivity contribution in [1.82, 2.24) is 15.2 Å². The molecule has 5 nitrogen and oxygen atoms in total. The van der Waals surface area contributed by atoms with E-state index in [0.29, 0.717) is 5.92 Å². The molecule has 0 atom stereocenters. The van der Waals surface area contributed by atoms with Crippen LogP contribution in [0.25, 0.3) is 11.4 Å². The minimum absolute atomic E-state index is 0.654. The van der Waals surface area contributed by atoms with E-state index in [9.17, 15) is 0 Å². The third kappa shape index (κ3) is 2.54. The number of benzene rings is 1. The highest BCUT2D eigenvalue weighted by Gasteiger charge is 2.21. The molecule has 1 fully saturated rings. The molecule has 1 aromatic carbocycles. The molecule has 0 amide bonds. The number of nitrogens with two attached hydrogens (primary N) is 1. The number of rotatable bonds is 3. The number of aryl methyl sites for hydroxylation is 1. The van der Waals surface area contributed by atoms with E-state index in [1.165, 1.54) is 5.56 Å². The smallest absolute Gasteiger partial charge is 0.245 e. The molecule has 1 aliphatic heterocycles. The lowest BCUT2D eigenvalue weighted by Crippen LogP contribution is -2.36. The molecular formula is C15H21N5. The van der Waals surface area contributed by atoms with E-state index in [4.69, 9.17) is 5.73 Å². The van der Waals surface area contributed by atoms with Gasteiger partial charge in [0.1, 0.15) is 0 Å². The molecule has 1 saturated heterocycles. The number of aromatic amines is 1. The first-order chi connectivity index (χ1) is 9.78. The quantitative estimate of drug-likeness (QED) is 0.895. The van der Waals surface area contributed by atoms with Crippen molar-refractivity contribution in [2.24, 2.45) is 11.7 Å². The van der Waals surface area contributed by atoms with Crippen molar-refractivity contribution in [3.63, 3.8) is 0 Å². The zero-order valence-electron chi connectivity index (χ0n) is 11.8. The van der Waals surface area contributed by atoms with Crippen molar-refractivity contribution in [1.29, 1.82) is 0 Å². The van der Waals surface area contributed by atoms with Gasteiger partial charge in [-0.15, -0.1) is 5.10 Å². The zero-order chi connectivity index (χ0) is 13.9. The summed E-state index contributed by atoms with van der Waals surface area (Å²) in [5, 5.41) is 7.42. The molecule has 2 aromatic rings. The van der Waals surface area contributed by atoms with Gasteiger partial charge in [0.25, 0.3) is 0 Å². The van der Waals surface area contributed by atoms with Gasteiger partial charge < -0.3 is 10.6 Å². The third-order valence-corrected chi connectivity index (χ3v) is 4.10. The van der Waals surface area contributed by atoms with Crippen LogP contribution in [0.2, 0.25) is 0 Å². The van der Waals surface area contributed by atoms with E-state index in [2.05, 4.69) is 39.1 Å². The molecule has 0 spiro atoms. The first-order valence-corrected chi connectivity index (χ1v) is 7.21. The van der Waals surface area contributed by atoms with Gasteiger partial charge in [-0.25, -0.2) is 0 Å². The Bertz CT molecular complexity index is 569. The van der Waals surface area contributed by atoms with Crippen molar-refractivity contribution < 1.29 is 0 Å². The molecule has 106 valence electrons. The van der Waals surface area contributed by atoms with Crippen LogP contribution in [0.4, 0.5) is 5.95 Å². The summed E-state index contributed by atoms with van der Waals surface area (Å²) in [5.74, 6) is 2.30. The summed E-state index contributed by atoms with van der Waals surface area (Å²) in [6.07, 6.45) is 2.26. The molecular weight excluding hydrogens is 250 g/mol. The van der Waals surface area contributed by atoms with Crippen LogP contribution in [-0.2, 0) is 0 Å². The minimum Gasteiger partial charge on any atom is -0.340 e. The average Bonchev–Trinajstić information content (AvgIpc) is 2.97. The third-order valence-electron chi connectivity index (χ3n) is 4.10. The summed E-state index contributed by atoms with van der Waals surface area (Å²) < 4.78 is 0. The predicted octanol–water partition coefficient (Wildman–Crippen LogP) is 1.96. The van der Waals surface area contributed by atoms with Crippen LogP contribution in [0, 0.1) is 12.8 Å². The summed E-state index contributed by atoms with van der Waals surface area (Å²) in [6, 6.07) is 8.22. The highest BCUT2D eigenvalue weighted by Crippen LogP contribution is 2.24. The van der Waals surface area contributed by atoms with Crippen molar-refractivity contribution >= 4 is 5.95 Å². The van der Waals surface area contributed by atoms with Crippen molar-refractivity contribution in [3.05, 3.63) is 29.8 Å². The maximum atomic E-state index is 5.73. The van der Waals surface area contributed by atoms with Crippen LogP contribution in [0.3, 0.4) is 0 Å². The SMILES string of the molecule is Cc1ccccc1-c1nc(N2CCC(CN)CC2)n[nH]1. The van der Waals surface area contributed by atoms with Crippen molar-refractivity contribution in [3.8, 4) is 11.4 Å². The Morgan fingerprint density at radius 2 is 2.05 bits per heavy atom. The van der Waals surface area contributed by atoms with Gasteiger partial charge in [0.2, 0.25) is 5.95 Å². The Morgan fingerprint density at radius 1 is 1.30 bits per heavy atom. The molecule has 1 aromatic heterocycles. The van der Waals surface area contributed by atoms with Crippen LogP contribution in [-0.4, -0.2) is 34.8 Å². The number of aromatic nitrogens is 3. The summed E-state index contributed by atoms with van der Waals surface area (Å²) >= 11 is 0. The van der Waals surface area contributed by atoms with Gasteiger partial charge in [0.05, 0.1) is 0 Å². The second-order valence-corrected chi connectivity index (χ2v) is 5.47. The molecule has 0 aliphatic carbocycles. The van der Waals surface area contributed by atoms with E-state index in [0.717, 1.165) is 49.8 Å². The first kappa shape index (κ1) is 13.1. The fraction of sp³-hybridized carbons (Fsp3) is 0.467. The number of H-pyrrole nitrogens is 1. The van der Waals surface area contributed by atoms with Gasteiger partial charge in [-0.2, -0.15) is 4.98 Å². The van der Waals surface area contributed by atoms with Gasteiger partial charge in [0.15, 0.2) is 5.82 Å². The maximum Gasteiger partial charge on any atom is 0.245 e. The fourth-order valence-corrected chi connectivity index (χ4v) is 2.72. The molecule has 0 radical (unpaired) electrons. The Labute approximate surface area is 119 Å². The Kier molecular flexibility index (Phi) is 3.69. The normalized spacial score (nSPS) is 16.6. The van der Waals surface area contributed by atoms with Crippen molar-refractivity contribution in [2.45, 2.75) is 19.8 Å². The highest BCUT2D eigenvalue weighted by molar-refractivity contribution is 5.60. The van der Waals surface area contributed by atoms with Crippen LogP contribution in [0.5, 0.6) is 0 Å². The molecule has 5 heteroatoms. The van der Waals surface area contributed by atoms with E-state index in [1.54, 1.807) is 0 Å². The summed E-state index contributed by atoms with van der Waals surface area (Å²) in [4.78, 5) is 6.88. The molecule has 1 aliphatic rings. The van der Waals surface area contributed by atoms with E-state index < -0.39 is 0 Å². The number of anilines is 1. The summed E-state index contributed by atoms with van der Waals surface area (Å²) in [6.45, 7) is 4.86. The number of nitrogens with zero attached hydrogens (tertiary/aromatic N) is 3. The van der Waals surface area contributed by atoms with Crippen LogP contribution in [0.15, 0.2) is 24.3 Å². The van der Waals surface area contributed by atoms with Crippen LogP contribution in [0.1, 0.15) is 18.4 Å². The maximum absolute atomic E-state index is 5.73. The van der Waals surface area contributed by atoms with Crippen LogP contribution >= 0.6 is 0 Å². The largest absolute Gasteiger partial charge is 0.340 e.